The topological polar surface area (TPSA) is 114 Å². The van der Waals surface area contributed by atoms with E-state index in [0.717, 1.165) is 22.4 Å². The Kier molecular flexibility index (Phi) is 15.1. The zero-order valence-corrected chi connectivity index (χ0v) is 25.7. The van der Waals surface area contributed by atoms with E-state index in [0.29, 0.717) is 25.9 Å². The Morgan fingerprint density at radius 3 is 2.02 bits per heavy atom. The molecule has 238 valence electrons. The highest BCUT2D eigenvalue weighted by atomic mass is 16.5. The van der Waals surface area contributed by atoms with Gasteiger partial charge < -0.3 is 25.2 Å². The normalized spacial score (nSPS) is 12.6. The molecule has 3 N–H and O–H groups in total. The lowest BCUT2D eigenvalue weighted by Gasteiger charge is -2.23. The highest BCUT2D eigenvalue weighted by molar-refractivity contribution is 5.86. The van der Waals surface area contributed by atoms with E-state index in [9.17, 15) is 19.5 Å². The Labute approximate surface area is 266 Å². The molecule has 3 atom stereocenters. The van der Waals surface area contributed by atoms with E-state index in [-0.39, 0.29) is 50.3 Å². The third-order valence-electron chi connectivity index (χ3n) is 7.16. The van der Waals surface area contributed by atoms with Crippen molar-refractivity contribution in [1.29, 1.82) is 0 Å². The van der Waals surface area contributed by atoms with Crippen LogP contribution in [0.15, 0.2) is 110 Å². The quantitative estimate of drug-likeness (QED) is 0.121. The van der Waals surface area contributed by atoms with Crippen molar-refractivity contribution in [2.24, 2.45) is 5.92 Å². The number of aliphatic hydroxyl groups is 1. The van der Waals surface area contributed by atoms with Crippen LogP contribution < -0.4 is 15.4 Å². The fraction of sp³-hybridized carbons (Fsp3) is 0.324. The first-order valence-corrected chi connectivity index (χ1v) is 15.3. The fourth-order valence-electron chi connectivity index (χ4n) is 4.76. The third kappa shape index (κ3) is 13.2. The zero-order chi connectivity index (χ0) is 32.3. The predicted octanol–water partition coefficient (Wildman–Crippen LogP) is 5.10. The van der Waals surface area contributed by atoms with Gasteiger partial charge in [-0.2, -0.15) is 0 Å². The van der Waals surface area contributed by atoms with Crippen LogP contribution in [0.4, 0.5) is 0 Å². The molecule has 3 aromatic carbocycles. The van der Waals surface area contributed by atoms with Gasteiger partial charge in [0.15, 0.2) is 0 Å². The summed E-state index contributed by atoms with van der Waals surface area (Å²) in [4.78, 5) is 38.5. The summed E-state index contributed by atoms with van der Waals surface area (Å²) in [6.45, 7) is 7.59. The second-order valence-corrected chi connectivity index (χ2v) is 10.9. The van der Waals surface area contributed by atoms with Crippen LogP contribution in [0, 0.1) is 5.92 Å². The van der Waals surface area contributed by atoms with E-state index >= 15 is 0 Å². The molecule has 0 unspecified atom stereocenters. The Morgan fingerprint density at radius 2 is 1.40 bits per heavy atom. The maximum absolute atomic E-state index is 13.4. The van der Waals surface area contributed by atoms with E-state index in [1.165, 1.54) is 0 Å². The lowest BCUT2D eigenvalue weighted by atomic mass is 9.98. The molecule has 0 radical (unpaired) electrons. The summed E-state index contributed by atoms with van der Waals surface area (Å²) < 4.78 is 11.3. The third-order valence-corrected chi connectivity index (χ3v) is 7.16. The molecular formula is C37H44N2O6. The van der Waals surface area contributed by atoms with Gasteiger partial charge in [-0.05, 0) is 54.5 Å². The summed E-state index contributed by atoms with van der Waals surface area (Å²) in [6.07, 6.45) is 5.04. The molecule has 0 fully saturated rings. The molecular weight excluding hydrogens is 568 g/mol. The van der Waals surface area contributed by atoms with Crippen LogP contribution in [0.5, 0.6) is 5.75 Å². The van der Waals surface area contributed by atoms with Crippen molar-refractivity contribution in [3.8, 4) is 5.75 Å². The number of carbonyl (C=O) groups excluding carboxylic acids is 3. The van der Waals surface area contributed by atoms with Gasteiger partial charge in [-0.1, -0.05) is 84.9 Å². The van der Waals surface area contributed by atoms with Crippen LogP contribution in [0.25, 0.3) is 0 Å². The molecule has 8 nitrogen and oxygen atoms in total. The second kappa shape index (κ2) is 19.6. The Balaban J connectivity index is 1.55. The summed E-state index contributed by atoms with van der Waals surface area (Å²) in [5.41, 5.74) is 2.97. The molecule has 3 rings (SSSR count). The van der Waals surface area contributed by atoms with Crippen molar-refractivity contribution in [2.45, 2.75) is 57.2 Å². The van der Waals surface area contributed by atoms with Gasteiger partial charge in [0.25, 0.3) is 0 Å². The molecule has 3 aromatic rings. The summed E-state index contributed by atoms with van der Waals surface area (Å²) >= 11 is 0. The number of ether oxygens (including phenoxy) is 2. The van der Waals surface area contributed by atoms with E-state index < -0.39 is 18.0 Å². The molecule has 0 saturated heterocycles. The van der Waals surface area contributed by atoms with Crippen molar-refractivity contribution >= 4 is 17.8 Å². The number of allylic oxidation sites excluding steroid dienone is 2. The molecule has 0 spiro atoms. The molecule has 0 aliphatic carbocycles. The highest BCUT2D eigenvalue weighted by Gasteiger charge is 2.25. The lowest BCUT2D eigenvalue weighted by Crippen LogP contribution is -2.45. The van der Waals surface area contributed by atoms with Crippen LogP contribution in [0.2, 0.25) is 0 Å². The molecule has 2 amide bonds. The van der Waals surface area contributed by atoms with Crippen molar-refractivity contribution in [3.05, 3.63) is 127 Å². The van der Waals surface area contributed by atoms with Gasteiger partial charge >= 0.3 is 5.97 Å². The molecule has 0 saturated carbocycles. The van der Waals surface area contributed by atoms with Crippen LogP contribution in [0.1, 0.15) is 42.4 Å². The molecule has 0 bridgehead atoms. The average molecular weight is 613 g/mol. The van der Waals surface area contributed by atoms with Gasteiger partial charge in [0.2, 0.25) is 11.8 Å². The SMILES string of the molecule is C=CCCC(=O)OC[C@@H](Cc1ccccc1)NC(=O)[C@@H](CC=C)CC(=O)N[C@H](CO)Cc1ccc(OCc2ccccc2)cc1. The van der Waals surface area contributed by atoms with E-state index in [1.54, 1.807) is 12.2 Å². The second-order valence-electron chi connectivity index (χ2n) is 10.9. The van der Waals surface area contributed by atoms with Gasteiger partial charge in [0, 0.05) is 12.8 Å². The van der Waals surface area contributed by atoms with E-state index in [1.807, 2.05) is 84.9 Å². The van der Waals surface area contributed by atoms with Crippen molar-refractivity contribution in [2.75, 3.05) is 13.2 Å². The van der Waals surface area contributed by atoms with Gasteiger partial charge in [-0.25, -0.2) is 0 Å². The first-order chi connectivity index (χ1) is 21.9. The average Bonchev–Trinajstić information content (AvgIpc) is 3.06. The van der Waals surface area contributed by atoms with E-state index in [2.05, 4.69) is 23.8 Å². The molecule has 45 heavy (non-hydrogen) atoms. The number of hydrogen-bond acceptors (Lipinski definition) is 6. The molecule has 8 heteroatoms. The standard InChI is InChI=1S/C37H44N2O6/c1-3-5-17-36(42)45-27-33(23-28-13-8-6-9-14-28)39-37(43)31(12-4-2)24-35(41)38-32(25-40)22-29-18-20-34(21-19-29)44-26-30-15-10-7-11-16-30/h3-4,6-11,13-16,18-21,31-33,40H,1-2,5,12,17,22-27H2,(H,38,41)(H,39,43)/t31-,32-,33+/m0/s1. The first-order valence-electron chi connectivity index (χ1n) is 15.3. The molecule has 0 aromatic heterocycles. The smallest absolute Gasteiger partial charge is 0.306 e. The summed E-state index contributed by atoms with van der Waals surface area (Å²) in [5.74, 6) is -1.01. The summed E-state index contributed by atoms with van der Waals surface area (Å²) in [7, 11) is 0. The minimum atomic E-state index is -0.683. The lowest BCUT2D eigenvalue weighted by molar-refractivity contribution is -0.145. The Hall–Kier alpha value is -4.69. The number of nitrogens with one attached hydrogen (secondary N) is 2. The maximum atomic E-state index is 13.4. The fourth-order valence-corrected chi connectivity index (χ4v) is 4.76. The van der Waals surface area contributed by atoms with Crippen molar-refractivity contribution in [3.63, 3.8) is 0 Å². The van der Waals surface area contributed by atoms with Gasteiger partial charge in [-0.3, -0.25) is 14.4 Å². The number of benzene rings is 3. The number of hydrogen-bond donors (Lipinski definition) is 3. The highest BCUT2D eigenvalue weighted by Crippen LogP contribution is 2.16. The predicted molar refractivity (Wildman–Crippen MR) is 175 cm³/mol. The number of amides is 2. The van der Waals surface area contributed by atoms with Gasteiger partial charge in [0.1, 0.15) is 19.0 Å². The van der Waals surface area contributed by atoms with Crippen LogP contribution in [-0.4, -0.2) is 48.2 Å². The summed E-state index contributed by atoms with van der Waals surface area (Å²) in [6, 6.07) is 26.0. The summed E-state index contributed by atoms with van der Waals surface area (Å²) in [5, 5.41) is 15.8. The van der Waals surface area contributed by atoms with Gasteiger partial charge in [-0.15, -0.1) is 13.2 Å². The number of rotatable bonds is 20. The Morgan fingerprint density at radius 1 is 0.778 bits per heavy atom. The van der Waals surface area contributed by atoms with Gasteiger partial charge in [0.05, 0.1) is 24.6 Å². The molecule has 0 aliphatic heterocycles. The minimum Gasteiger partial charge on any atom is -0.489 e. The monoisotopic (exact) mass is 612 g/mol. The van der Waals surface area contributed by atoms with Crippen LogP contribution in [0.3, 0.4) is 0 Å². The van der Waals surface area contributed by atoms with Crippen LogP contribution in [-0.2, 0) is 38.6 Å². The first kappa shape index (κ1) is 34.8. The number of esters is 1. The minimum absolute atomic E-state index is 0.00624. The van der Waals surface area contributed by atoms with Crippen molar-refractivity contribution < 1.29 is 29.0 Å². The van der Waals surface area contributed by atoms with E-state index in [4.69, 9.17) is 9.47 Å². The number of carbonyl (C=O) groups is 3. The zero-order valence-electron chi connectivity index (χ0n) is 25.7. The van der Waals surface area contributed by atoms with Crippen LogP contribution >= 0.6 is 0 Å². The Bertz CT molecular complexity index is 1340. The molecule has 0 heterocycles. The molecule has 0 aliphatic rings. The largest absolute Gasteiger partial charge is 0.489 e. The number of aliphatic hydroxyl groups excluding tert-OH is 1. The van der Waals surface area contributed by atoms with Crippen molar-refractivity contribution in [1.82, 2.24) is 10.6 Å². The maximum Gasteiger partial charge on any atom is 0.306 e.